The number of anilines is 2. The number of aromatic amines is 1. The number of H-pyrrole nitrogens is 1. The van der Waals surface area contributed by atoms with E-state index >= 15 is 0 Å². The minimum absolute atomic E-state index is 0.00773. The van der Waals surface area contributed by atoms with E-state index in [1.165, 1.54) is 0 Å². The lowest BCUT2D eigenvalue weighted by molar-refractivity contribution is 0.260. The molecule has 0 aliphatic carbocycles. The minimum Gasteiger partial charge on any atom is -0.394 e. The van der Waals surface area contributed by atoms with E-state index in [1.54, 1.807) is 0 Å². The second-order valence-electron chi connectivity index (χ2n) is 7.72. The Kier molecular flexibility index (Phi) is 6.74. The second-order valence-corrected chi connectivity index (χ2v) is 8.63. The van der Waals surface area contributed by atoms with E-state index in [0.717, 1.165) is 33.3 Å². The summed E-state index contributed by atoms with van der Waals surface area (Å²) in [5, 5.41) is 20.9. The van der Waals surface area contributed by atoms with Crippen LogP contribution in [-0.2, 0) is 0 Å². The molecule has 0 aliphatic heterocycles. The number of fused-ring (bicyclic) bond motifs is 1. The molecule has 0 amide bonds. The van der Waals surface area contributed by atoms with Crippen LogP contribution in [0.1, 0.15) is 58.7 Å². The Morgan fingerprint density at radius 1 is 1.21 bits per heavy atom. The third-order valence-corrected chi connectivity index (χ3v) is 5.37. The lowest BCUT2D eigenvalue weighted by Gasteiger charge is -2.18. The first-order valence-corrected chi connectivity index (χ1v) is 10.8. The summed E-state index contributed by atoms with van der Waals surface area (Å²) in [4.78, 5) is 9.60. The maximum atomic E-state index is 9.69. The smallest absolute Gasteiger partial charge is 0.228 e. The van der Waals surface area contributed by atoms with Crippen molar-refractivity contribution < 1.29 is 5.11 Å². The van der Waals surface area contributed by atoms with Crippen LogP contribution < -0.4 is 10.9 Å². The molecule has 2 aromatic heterocycles. The zero-order valence-electron chi connectivity index (χ0n) is 17.6. The van der Waals surface area contributed by atoms with E-state index in [2.05, 4.69) is 63.7 Å². The van der Waals surface area contributed by atoms with Gasteiger partial charge in [-0.3, -0.25) is 5.10 Å². The summed E-state index contributed by atoms with van der Waals surface area (Å²) in [5.74, 6) is 0.912. The monoisotopic (exact) mass is 460 g/mol. The largest absolute Gasteiger partial charge is 0.394 e. The van der Waals surface area contributed by atoms with Crippen molar-refractivity contribution in [3.05, 3.63) is 40.1 Å². The number of aliphatic hydroxyl groups excluding tert-OH is 1. The van der Waals surface area contributed by atoms with Crippen molar-refractivity contribution in [1.82, 2.24) is 19.7 Å². The summed E-state index contributed by atoms with van der Waals surface area (Å²) >= 11 is 3.47. The zero-order chi connectivity index (χ0) is 21.1. The molecular formula is C21H29BrN6O. The van der Waals surface area contributed by atoms with E-state index in [4.69, 9.17) is 9.98 Å². The normalized spacial score (nSPS) is 13.6. The summed E-state index contributed by atoms with van der Waals surface area (Å²) in [6, 6.07) is 7.86. The molecule has 8 heteroatoms. The Labute approximate surface area is 179 Å². The van der Waals surface area contributed by atoms with Crippen LogP contribution >= 0.6 is 15.9 Å². The summed E-state index contributed by atoms with van der Waals surface area (Å²) in [7, 11) is 0. The van der Waals surface area contributed by atoms with Gasteiger partial charge >= 0.3 is 0 Å². The fourth-order valence-corrected chi connectivity index (χ4v) is 3.49. The average molecular weight is 461 g/mol. The molecular weight excluding hydrogens is 432 g/mol. The lowest BCUT2D eigenvalue weighted by Crippen LogP contribution is -2.30. The van der Waals surface area contributed by atoms with Crippen molar-refractivity contribution in [2.45, 2.75) is 59.0 Å². The van der Waals surface area contributed by atoms with Crippen molar-refractivity contribution in [3.8, 4) is 0 Å². The molecule has 1 atom stereocenters. The molecule has 0 bridgehead atoms. The summed E-state index contributed by atoms with van der Waals surface area (Å²) in [6.45, 7) is 10.5. The van der Waals surface area contributed by atoms with Crippen molar-refractivity contribution >= 4 is 38.5 Å². The number of rotatable bonds is 7. The van der Waals surface area contributed by atoms with E-state index in [0.29, 0.717) is 11.4 Å². The number of nitrogens with zero attached hydrogens (tertiary/aromatic N) is 4. The quantitative estimate of drug-likeness (QED) is 0.478. The molecule has 1 unspecified atom stereocenters. The zero-order valence-corrected chi connectivity index (χ0v) is 19.2. The van der Waals surface area contributed by atoms with Gasteiger partial charge in [0.15, 0.2) is 11.3 Å². The van der Waals surface area contributed by atoms with Crippen LogP contribution in [0.4, 0.5) is 11.5 Å². The Bertz CT molecular complexity index is 1030. The van der Waals surface area contributed by atoms with Gasteiger partial charge in [-0.25, -0.2) is 4.99 Å². The number of hydrogen-bond acceptors (Lipinski definition) is 5. The van der Waals surface area contributed by atoms with Gasteiger partial charge in [0, 0.05) is 16.2 Å². The first-order valence-electron chi connectivity index (χ1n) is 10.0. The van der Waals surface area contributed by atoms with Gasteiger partial charge in [0.05, 0.1) is 23.9 Å². The molecule has 0 fully saturated rings. The highest BCUT2D eigenvalue weighted by Crippen LogP contribution is 2.29. The standard InChI is InChI=1S/C21H29BrN6O/c1-6-15(11-29)24-21-25-20(23-16-9-7-14(22)8-10-16)18-19(28(21)13(4)5)17(12(2)3)26-27-18/h7-10,12-13,15,29H,6,11H2,1-5H3,(H,26,27)(H,23,24,25). The maximum absolute atomic E-state index is 9.69. The first kappa shape index (κ1) is 21.5. The van der Waals surface area contributed by atoms with Gasteiger partial charge in [-0.15, -0.1) is 0 Å². The molecule has 3 rings (SSSR count). The van der Waals surface area contributed by atoms with Gasteiger partial charge in [-0.1, -0.05) is 36.7 Å². The predicted molar refractivity (Wildman–Crippen MR) is 121 cm³/mol. The fourth-order valence-electron chi connectivity index (χ4n) is 3.23. The van der Waals surface area contributed by atoms with Crippen molar-refractivity contribution in [1.29, 1.82) is 0 Å². The van der Waals surface area contributed by atoms with Crippen LogP contribution in [0, 0.1) is 0 Å². The number of halogens is 1. The van der Waals surface area contributed by atoms with E-state index < -0.39 is 0 Å². The van der Waals surface area contributed by atoms with Crippen molar-refractivity contribution in [2.24, 2.45) is 4.99 Å². The summed E-state index contributed by atoms with van der Waals surface area (Å²) in [5.41, 5.74) is 4.33. The summed E-state index contributed by atoms with van der Waals surface area (Å²) in [6.07, 6.45) is 0.742. The lowest BCUT2D eigenvalue weighted by atomic mass is 10.1. The molecule has 3 N–H and O–H groups in total. The van der Waals surface area contributed by atoms with Gasteiger partial charge in [0.25, 0.3) is 0 Å². The van der Waals surface area contributed by atoms with E-state index in [1.807, 2.05) is 31.2 Å². The van der Waals surface area contributed by atoms with Gasteiger partial charge < -0.3 is 15.0 Å². The van der Waals surface area contributed by atoms with Crippen LogP contribution in [0.5, 0.6) is 0 Å². The Morgan fingerprint density at radius 3 is 2.45 bits per heavy atom. The first-order chi connectivity index (χ1) is 13.8. The van der Waals surface area contributed by atoms with Crippen molar-refractivity contribution in [3.63, 3.8) is 0 Å². The summed E-state index contributed by atoms with van der Waals surface area (Å²) < 4.78 is 3.12. The second kappa shape index (κ2) is 9.09. The fraction of sp³-hybridized carbons (Fsp3) is 0.476. The van der Waals surface area contributed by atoms with Gasteiger partial charge in [-0.05, 0) is 50.5 Å². The van der Waals surface area contributed by atoms with Crippen LogP contribution in [0.3, 0.4) is 0 Å². The van der Waals surface area contributed by atoms with Gasteiger partial charge in [0.1, 0.15) is 0 Å². The van der Waals surface area contributed by atoms with Gasteiger partial charge in [0.2, 0.25) is 5.62 Å². The molecule has 29 heavy (non-hydrogen) atoms. The number of benzene rings is 1. The molecule has 7 nitrogen and oxygen atoms in total. The van der Waals surface area contributed by atoms with Crippen LogP contribution in [0.25, 0.3) is 11.0 Å². The van der Waals surface area contributed by atoms with Crippen LogP contribution in [-0.4, -0.2) is 37.5 Å². The molecule has 0 aliphatic rings. The Balaban J connectivity index is 2.31. The van der Waals surface area contributed by atoms with Crippen LogP contribution in [0.2, 0.25) is 0 Å². The third kappa shape index (κ3) is 4.53. The minimum atomic E-state index is -0.195. The molecule has 1 aromatic carbocycles. The Morgan fingerprint density at radius 2 is 1.90 bits per heavy atom. The number of nitrogens with one attached hydrogen (secondary N) is 2. The number of aromatic nitrogens is 4. The number of aliphatic hydroxyl groups is 1. The Hall–Kier alpha value is -2.19. The highest BCUT2D eigenvalue weighted by Gasteiger charge is 2.20. The molecule has 0 radical (unpaired) electrons. The number of hydrogen-bond donors (Lipinski definition) is 3. The molecule has 0 spiro atoms. The molecule has 2 heterocycles. The SMILES string of the molecule is CCC(CO)N=c1nc(Nc2ccc(Br)cc2)c2n[nH]c(C(C)C)c2n1C(C)C. The molecule has 156 valence electrons. The highest BCUT2D eigenvalue weighted by molar-refractivity contribution is 9.10. The van der Waals surface area contributed by atoms with E-state index in [9.17, 15) is 5.11 Å². The average Bonchev–Trinajstić information content (AvgIpc) is 3.12. The third-order valence-electron chi connectivity index (χ3n) is 4.84. The molecule has 3 aromatic rings. The topological polar surface area (TPSA) is 91.1 Å². The molecule has 0 saturated carbocycles. The maximum Gasteiger partial charge on any atom is 0.228 e. The van der Waals surface area contributed by atoms with Crippen molar-refractivity contribution in [2.75, 3.05) is 11.9 Å². The van der Waals surface area contributed by atoms with Crippen LogP contribution in [0.15, 0.2) is 33.7 Å². The van der Waals surface area contributed by atoms with E-state index in [-0.39, 0.29) is 24.6 Å². The molecule has 0 saturated heterocycles. The highest BCUT2D eigenvalue weighted by atomic mass is 79.9. The van der Waals surface area contributed by atoms with Gasteiger partial charge in [-0.2, -0.15) is 10.1 Å². The predicted octanol–water partition coefficient (Wildman–Crippen LogP) is 4.64.